The van der Waals surface area contributed by atoms with Crippen molar-refractivity contribution in [1.82, 2.24) is 0 Å². The van der Waals surface area contributed by atoms with Crippen molar-refractivity contribution < 1.29 is 18.3 Å². The van der Waals surface area contributed by atoms with E-state index >= 15 is 0 Å². The first-order chi connectivity index (χ1) is 6.97. The molecule has 82 valence electrons. The molecule has 0 aromatic heterocycles. The van der Waals surface area contributed by atoms with Crippen LogP contribution in [0.1, 0.15) is 18.4 Å². The lowest BCUT2D eigenvalue weighted by Crippen LogP contribution is -2.39. The first-order valence-electron chi connectivity index (χ1n) is 4.77. The predicted molar refractivity (Wildman–Crippen MR) is 49.4 cm³/mol. The Hall–Kier alpha value is -1.03. The van der Waals surface area contributed by atoms with E-state index in [0.717, 1.165) is 0 Å². The van der Waals surface area contributed by atoms with Crippen LogP contribution in [0.3, 0.4) is 0 Å². The number of rotatable bonds is 2. The molecule has 4 heteroatoms. The zero-order valence-corrected chi connectivity index (χ0v) is 7.96. The van der Waals surface area contributed by atoms with E-state index in [-0.39, 0.29) is 0 Å². The van der Waals surface area contributed by atoms with Crippen LogP contribution in [0.15, 0.2) is 30.3 Å². The number of aliphatic hydroxyl groups excluding tert-OH is 1. The Balaban J connectivity index is 2.29. The maximum Gasteiger partial charge on any atom is 0.415 e. The second kappa shape index (κ2) is 3.23. The summed E-state index contributed by atoms with van der Waals surface area (Å²) < 4.78 is 37.3. The Morgan fingerprint density at radius 2 is 1.67 bits per heavy atom. The first-order valence-corrected chi connectivity index (χ1v) is 4.77. The molecule has 1 unspecified atom stereocenters. The zero-order valence-electron chi connectivity index (χ0n) is 7.96. The Labute approximate surface area is 85.5 Å². The van der Waals surface area contributed by atoms with Crippen LogP contribution in [0.5, 0.6) is 0 Å². The van der Waals surface area contributed by atoms with Crippen LogP contribution in [-0.2, 0) is 5.41 Å². The number of hydrogen-bond donors (Lipinski definition) is 1. The van der Waals surface area contributed by atoms with E-state index in [4.69, 9.17) is 0 Å². The van der Waals surface area contributed by atoms with Gasteiger partial charge in [-0.2, -0.15) is 13.2 Å². The summed E-state index contributed by atoms with van der Waals surface area (Å²) in [6, 6.07) is 8.42. The van der Waals surface area contributed by atoms with Crippen LogP contribution in [-0.4, -0.2) is 17.4 Å². The van der Waals surface area contributed by atoms with Gasteiger partial charge in [-0.25, -0.2) is 0 Å². The van der Waals surface area contributed by atoms with Crippen LogP contribution in [0.4, 0.5) is 13.2 Å². The highest BCUT2D eigenvalue weighted by molar-refractivity contribution is 5.33. The Kier molecular flexibility index (Phi) is 2.26. The minimum absolute atomic E-state index is 0.400. The standard InChI is InChI=1S/C11H11F3O/c12-11(13,14)9(15)10(6-7-10)8-4-2-1-3-5-8/h1-5,9,15H,6-7H2. The molecule has 0 saturated heterocycles. The van der Waals surface area contributed by atoms with Crippen molar-refractivity contribution in [3.8, 4) is 0 Å². The summed E-state index contributed by atoms with van der Waals surface area (Å²) >= 11 is 0. The number of hydrogen-bond acceptors (Lipinski definition) is 1. The highest BCUT2D eigenvalue weighted by Crippen LogP contribution is 2.54. The lowest BCUT2D eigenvalue weighted by Gasteiger charge is -2.24. The van der Waals surface area contributed by atoms with Gasteiger partial charge in [0.15, 0.2) is 6.10 Å². The summed E-state index contributed by atoms with van der Waals surface area (Å²) in [6.07, 6.45) is -5.98. The predicted octanol–water partition coefficient (Wildman–Crippen LogP) is 2.64. The molecule has 0 radical (unpaired) electrons. The molecule has 1 atom stereocenters. The second-order valence-corrected chi connectivity index (χ2v) is 3.97. The number of aliphatic hydroxyl groups is 1. The van der Waals surface area contributed by atoms with Crippen molar-refractivity contribution in [3.63, 3.8) is 0 Å². The largest absolute Gasteiger partial charge is 0.415 e. The fraction of sp³-hybridized carbons (Fsp3) is 0.455. The molecule has 0 spiro atoms. The number of halogens is 3. The van der Waals surface area contributed by atoms with E-state index in [1.165, 1.54) is 0 Å². The van der Waals surface area contributed by atoms with Gasteiger partial charge in [0.2, 0.25) is 0 Å². The molecule has 1 aromatic rings. The molecule has 1 nitrogen and oxygen atoms in total. The molecule has 0 amide bonds. The maximum atomic E-state index is 12.4. The lowest BCUT2D eigenvalue weighted by atomic mass is 9.89. The summed E-state index contributed by atoms with van der Waals surface area (Å²) in [5.74, 6) is 0. The molecule has 1 saturated carbocycles. The molecule has 1 aliphatic carbocycles. The summed E-state index contributed by atoms with van der Waals surface area (Å²) in [5.41, 5.74) is -0.505. The van der Waals surface area contributed by atoms with Crippen LogP contribution >= 0.6 is 0 Å². The monoisotopic (exact) mass is 216 g/mol. The summed E-state index contributed by atoms with van der Waals surface area (Å²) in [5, 5.41) is 9.30. The van der Waals surface area contributed by atoms with Crippen molar-refractivity contribution in [2.75, 3.05) is 0 Å². The molecule has 15 heavy (non-hydrogen) atoms. The first kappa shape index (κ1) is 10.5. The molecular weight excluding hydrogens is 205 g/mol. The van der Waals surface area contributed by atoms with Gasteiger partial charge in [0.1, 0.15) is 0 Å². The Morgan fingerprint density at radius 3 is 2.07 bits per heavy atom. The van der Waals surface area contributed by atoms with Gasteiger partial charge in [-0.1, -0.05) is 30.3 Å². The topological polar surface area (TPSA) is 20.2 Å². The number of benzene rings is 1. The Morgan fingerprint density at radius 1 is 1.13 bits per heavy atom. The molecule has 1 aromatic carbocycles. The van der Waals surface area contributed by atoms with Crippen LogP contribution < -0.4 is 0 Å². The SMILES string of the molecule is OC(C(F)(F)F)C1(c2ccccc2)CC1. The van der Waals surface area contributed by atoms with Gasteiger partial charge >= 0.3 is 6.18 Å². The highest BCUT2D eigenvalue weighted by atomic mass is 19.4. The van der Waals surface area contributed by atoms with Crippen molar-refractivity contribution >= 4 is 0 Å². The van der Waals surface area contributed by atoms with Gasteiger partial charge in [-0.3, -0.25) is 0 Å². The zero-order chi connectivity index (χ0) is 11.1. The van der Waals surface area contributed by atoms with E-state index in [2.05, 4.69) is 0 Å². The van der Waals surface area contributed by atoms with Gasteiger partial charge in [0, 0.05) is 5.41 Å². The van der Waals surface area contributed by atoms with Crippen molar-refractivity contribution in [1.29, 1.82) is 0 Å². The molecule has 0 bridgehead atoms. The van der Waals surface area contributed by atoms with Crippen LogP contribution in [0.25, 0.3) is 0 Å². The minimum Gasteiger partial charge on any atom is -0.383 e. The van der Waals surface area contributed by atoms with E-state index in [9.17, 15) is 18.3 Å². The third kappa shape index (κ3) is 1.74. The molecular formula is C11H11F3O. The van der Waals surface area contributed by atoms with Gasteiger partial charge in [-0.15, -0.1) is 0 Å². The fourth-order valence-corrected chi connectivity index (χ4v) is 1.94. The fourth-order valence-electron chi connectivity index (χ4n) is 1.94. The molecule has 1 aliphatic rings. The minimum atomic E-state index is -4.54. The van der Waals surface area contributed by atoms with Gasteiger partial charge in [-0.05, 0) is 18.4 Å². The van der Waals surface area contributed by atoms with Crippen LogP contribution in [0.2, 0.25) is 0 Å². The lowest BCUT2D eigenvalue weighted by molar-refractivity contribution is -0.214. The van der Waals surface area contributed by atoms with E-state index in [0.29, 0.717) is 18.4 Å². The number of alkyl halides is 3. The van der Waals surface area contributed by atoms with Crippen LogP contribution in [0, 0.1) is 0 Å². The summed E-state index contributed by atoms with van der Waals surface area (Å²) in [7, 11) is 0. The third-order valence-electron chi connectivity index (χ3n) is 2.97. The normalized spacial score (nSPS) is 21.1. The average Bonchev–Trinajstić information content (AvgIpc) is 2.97. The quantitative estimate of drug-likeness (QED) is 0.805. The van der Waals surface area contributed by atoms with Crippen molar-refractivity contribution in [2.45, 2.75) is 30.5 Å². The van der Waals surface area contributed by atoms with E-state index in [1.54, 1.807) is 30.3 Å². The van der Waals surface area contributed by atoms with Gasteiger partial charge in [0.05, 0.1) is 0 Å². The third-order valence-corrected chi connectivity index (χ3v) is 2.97. The van der Waals surface area contributed by atoms with Crippen molar-refractivity contribution in [3.05, 3.63) is 35.9 Å². The smallest absolute Gasteiger partial charge is 0.383 e. The summed E-state index contributed by atoms with van der Waals surface area (Å²) in [4.78, 5) is 0. The summed E-state index contributed by atoms with van der Waals surface area (Å²) in [6.45, 7) is 0. The molecule has 1 N–H and O–H groups in total. The van der Waals surface area contributed by atoms with Crippen molar-refractivity contribution in [2.24, 2.45) is 0 Å². The maximum absolute atomic E-state index is 12.4. The van der Waals surface area contributed by atoms with E-state index in [1.807, 2.05) is 0 Å². The Bertz CT molecular complexity index is 341. The average molecular weight is 216 g/mol. The van der Waals surface area contributed by atoms with E-state index < -0.39 is 17.7 Å². The molecule has 0 heterocycles. The molecule has 1 fully saturated rings. The second-order valence-electron chi connectivity index (χ2n) is 3.97. The molecule has 2 rings (SSSR count). The highest BCUT2D eigenvalue weighted by Gasteiger charge is 2.60. The molecule has 0 aliphatic heterocycles. The van der Waals surface area contributed by atoms with Gasteiger partial charge in [0.25, 0.3) is 0 Å². The van der Waals surface area contributed by atoms with Gasteiger partial charge < -0.3 is 5.11 Å².